The van der Waals surface area contributed by atoms with Crippen molar-refractivity contribution in [2.45, 2.75) is 17.5 Å². The quantitative estimate of drug-likeness (QED) is 0.251. The number of methoxy groups -OCH3 is 1. The molecule has 2 aliphatic heterocycles. The number of carbonyl (C=O) groups is 4. The van der Waals surface area contributed by atoms with Crippen LogP contribution in [0.25, 0.3) is 0 Å². The van der Waals surface area contributed by atoms with Crippen molar-refractivity contribution in [1.82, 2.24) is 10.6 Å². The molecule has 226 valence electrons. The summed E-state index contributed by atoms with van der Waals surface area (Å²) in [4.78, 5) is 54.2. The first-order chi connectivity index (χ1) is 21.2. The molecule has 4 amide bonds. The number of fused-ring (bicyclic) bond motifs is 2. The third-order valence-electron chi connectivity index (χ3n) is 7.87. The second-order valence-corrected chi connectivity index (χ2v) is 10.2. The van der Waals surface area contributed by atoms with Gasteiger partial charge in [-0.15, -0.1) is 0 Å². The minimum absolute atomic E-state index is 0.0586. The Labute approximate surface area is 252 Å². The van der Waals surface area contributed by atoms with Crippen molar-refractivity contribution in [3.8, 4) is 23.3 Å². The van der Waals surface area contributed by atoms with E-state index in [1.54, 1.807) is 67.8 Å². The van der Waals surface area contributed by atoms with E-state index < -0.39 is 47.2 Å². The van der Waals surface area contributed by atoms with Gasteiger partial charge in [0.1, 0.15) is 35.5 Å². The maximum absolute atomic E-state index is 14.5. The smallest absolute Gasteiger partial charge is 0.328 e. The molecule has 2 heterocycles. The fraction of sp³-hybridized carbons (Fsp3) is 0.250. The summed E-state index contributed by atoms with van der Waals surface area (Å²) < 4.78 is 10.6. The monoisotopic (exact) mass is 598 g/mol. The van der Waals surface area contributed by atoms with Gasteiger partial charge in [-0.25, -0.2) is 9.69 Å². The molecule has 0 saturated carbocycles. The van der Waals surface area contributed by atoms with Crippen molar-refractivity contribution >= 4 is 29.5 Å². The Hall–Kier alpha value is -5.38. The third-order valence-corrected chi connectivity index (χ3v) is 7.87. The van der Waals surface area contributed by atoms with Gasteiger partial charge < -0.3 is 30.7 Å². The number of rotatable bonds is 7. The van der Waals surface area contributed by atoms with Crippen molar-refractivity contribution < 1.29 is 38.9 Å². The van der Waals surface area contributed by atoms with Gasteiger partial charge in [0, 0.05) is 18.2 Å². The molecule has 0 aliphatic carbocycles. The number of primary amides is 1. The summed E-state index contributed by atoms with van der Waals surface area (Å²) in [6, 6.07) is 14.9. The SMILES string of the molecule is CNC(=O)N1C(=O)[C@@]2(c3cc(C#Cc4ccc(OC)cc4)ccc31)[C@H](c1ccc(OCCO)cc1)N[C@@H](C(N)=O)[C@@H]2C(=O)O. The van der Waals surface area contributed by atoms with Crippen LogP contribution in [0, 0.1) is 17.8 Å². The van der Waals surface area contributed by atoms with Gasteiger partial charge >= 0.3 is 12.0 Å². The molecule has 1 fully saturated rings. The molecule has 1 saturated heterocycles. The number of carbonyl (C=O) groups excluding carboxylic acids is 3. The molecule has 12 heteroatoms. The molecule has 5 rings (SSSR count). The Morgan fingerprint density at radius 2 is 1.66 bits per heavy atom. The van der Waals surface area contributed by atoms with Crippen LogP contribution in [0.4, 0.5) is 10.5 Å². The van der Waals surface area contributed by atoms with E-state index >= 15 is 0 Å². The van der Waals surface area contributed by atoms with Crippen LogP contribution < -0.4 is 30.7 Å². The maximum atomic E-state index is 14.5. The van der Waals surface area contributed by atoms with Crippen molar-refractivity contribution in [3.05, 3.63) is 89.0 Å². The molecular weight excluding hydrogens is 568 g/mol. The number of hydrogen-bond donors (Lipinski definition) is 5. The number of urea groups is 1. The molecule has 1 spiro atoms. The zero-order valence-corrected chi connectivity index (χ0v) is 23.9. The van der Waals surface area contributed by atoms with E-state index in [0.29, 0.717) is 28.2 Å². The number of nitrogens with zero attached hydrogens (tertiary/aromatic N) is 1. The number of carboxylic acid groups (broad SMARTS) is 1. The first-order valence-corrected chi connectivity index (χ1v) is 13.7. The van der Waals surface area contributed by atoms with Gasteiger partial charge in [-0.1, -0.05) is 24.0 Å². The second-order valence-electron chi connectivity index (χ2n) is 10.2. The van der Waals surface area contributed by atoms with E-state index in [1.165, 1.54) is 13.1 Å². The molecule has 0 unspecified atom stereocenters. The molecule has 12 nitrogen and oxygen atoms in total. The molecule has 0 radical (unpaired) electrons. The Kier molecular flexibility index (Phi) is 8.26. The molecule has 4 atom stereocenters. The first-order valence-electron chi connectivity index (χ1n) is 13.7. The van der Waals surface area contributed by atoms with Gasteiger partial charge in [0.2, 0.25) is 11.8 Å². The van der Waals surface area contributed by atoms with Crippen LogP contribution in [-0.4, -0.2) is 67.4 Å². The van der Waals surface area contributed by atoms with E-state index in [-0.39, 0.29) is 24.5 Å². The van der Waals surface area contributed by atoms with Crippen LogP contribution in [-0.2, 0) is 19.8 Å². The average Bonchev–Trinajstić information content (AvgIpc) is 3.52. The number of amides is 4. The lowest BCUT2D eigenvalue weighted by Crippen LogP contribution is -2.54. The van der Waals surface area contributed by atoms with Crippen LogP contribution in [0.2, 0.25) is 0 Å². The Morgan fingerprint density at radius 3 is 2.25 bits per heavy atom. The van der Waals surface area contributed by atoms with Crippen LogP contribution in [0.5, 0.6) is 11.5 Å². The van der Waals surface area contributed by atoms with Gasteiger partial charge in [0.15, 0.2) is 0 Å². The average molecular weight is 599 g/mol. The van der Waals surface area contributed by atoms with Gasteiger partial charge in [-0.05, 0) is 65.7 Å². The highest BCUT2D eigenvalue weighted by Gasteiger charge is 2.70. The number of hydrogen-bond acceptors (Lipinski definition) is 8. The molecule has 0 aromatic heterocycles. The van der Waals surface area contributed by atoms with Crippen molar-refractivity contribution in [1.29, 1.82) is 0 Å². The number of nitrogens with two attached hydrogens (primary N) is 1. The highest BCUT2D eigenvalue weighted by molar-refractivity contribution is 6.24. The lowest BCUT2D eigenvalue weighted by molar-refractivity contribution is -0.148. The summed E-state index contributed by atoms with van der Waals surface area (Å²) in [7, 11) is 2.91. The topological polar surface area (TPSA) is 181 Å². The molecule has 44 heavy (non-hydrogen) atoms. The third kappa shape index (κ3) is 4.98. The van der Waals surface area contributed by atoms with E-state index in [1.807, 2.05) is 0 Å². The van der Waals surface area contributed by atoms with Gasteiger partial charge in [-0.2, -0.15) is 0 Å². The molecule has 0 bridgehead atoms. The van der Waals surface area contributed by atoms with Crippen LogP contribution in [0.3, 0.4) is 0 Å². The standard InChI is InChI=1S/C32H30N4O8/c1-34-31(42)36-24-14-7-19(4-3-18-5-10-21(43-2)11-6-18)17-23(24)32(30(36)41)25(29(39)40)26(28(33)38)35-27(32)20-8-12-22(13-9-20)44-16-15-37/h5-14,17,25-27,35,37H,15-16H2,1-2H3,(H2,33,38)(H,34,42)(H,39,40)/t25-,26-,27+,32-/m1/s1. The number of anilines is 1. The van der Waals surface area contributed by atoms with E-state index in [4.69, 9.17) is 20.3 Å². The number of aliphatic hydroxyl groups excluding tert-OH is 1. The van der Waals surface area contributed by atoms with E-state index in [2.05, 4.69) is 22.5 Å². The zero-order valence-electron chi connectivity index (χ0n) is 23.9. The van der Waals surface area contributed by atoms with Crippen molar-refractivity contribution in [2.24, 2.45) is 11.7 Å². The second kappa shape index (κ2) is 12.1. The van der Waals surface area contributed by atoms with E-state index in [9.17, 15) is 24.3 Å². The number of nitrogens with one attached hydrogen (secondary N) is 2. The maximum Gasteiger partial charge on any atom is 0.328 e. The van der Waals surface area contributed by atoms with Crippen LogP contribution in [0.15, 0.2) is 66.7 Å². The predicted molar refractivity (Wildman–Crippen MR) is 158 cm³/mol. The summed E-state index contributed by atoms with van der Waals surface area (Å²) in [5.74, 6) is 2.26. The molecule has 3 aromatic rings. The Balaban J connectivity index is 1.72. The normalized spacial score (nSPS) is 21.8. The van der Waals surface area contributed by atoms with Crippen molar-refractivity contribution in [2.75, 3.05) is 32.3 Å². The molecule has 6 N–H and O–H groups in total. The predicted octanol–water partition coefficient (Wildman–Crippen LogP) is 1.29. The van der Waals surface area contributed by atoms with Gasteiger partial charge in [0.05, 0.1) is 25.4 Å². The van der Waals surface area contributed by atoms with Gasteiger partial charge in [-0.3, -0.25) is 19.7 Å². The summed E-state index contributed by atoms with van der Waals surface area (Å²) >= 11 is 0. The molecule has 2 aliphatic rings. The minimum atomic E-state index is -1.97. The fourth-order valence-electron chi connectivity index (χ4n) is 5.97. The Bertz CT molecular complexity index is 1680. The summed E-state index contributed by atoms with van der Waals surface area (Å²) in [5.41, 5.74) is 5.68. The highest BCUT2D eigenvalue weighted by Crippen LogP contribution is 2.58. The highest BCUT2D eigenvalue weighted by atomic mass is 16.5. The number of aliphatic carboxylic acids is 1. The summed E-state index contributed by atoms with van der Waals surface area (Å²) in [5, 5.41) is 25.1. The fourth-order valence-corrected chi connectivity index (χ4v) is 5.97. The Morgan fingerprint density at radius 1 is 1.02 bits per heavy atom. The van der Waals surface area contributed by atoms with Crippen LogP contribution >= 0.6 is 0 Å². The van der Waals surface area contributed by atoms with Gasteiger partial charge in [0.25, 0.3) is 0 Å². The van der Waals surface area contributed by atoms with E-state index in [0.717, 1.165) is 4.90 Å². The van der Waals surface area contributed by atoms with Crippen molar-refractivity contribution in [3.63, 3.8) is 0 Å². The molecule has 3 aromatic carbocycles. The largest absolute Gasteiger partial charge is 0.497 e. The zero-order chi connectivity index (χ0) is 31.6. The lowest BCUT2D eigenvalue weighted by Gasteiger charge is -2.33. The number of aliphatic hydroxyl groups is 1. The lowest BCUT2D eigenvalue weighted by atomic mass is 9.65. The van der Waals surface area contributed by atoms with Crippen LogP contribution in [0.1, 0.15) is 28.3 Å². The molecular formula is C32H30N4O8. The summed E-state index contributed by atoms with van der Waals surface area (Å²) in [6.07, 6.45) is 0. The number of carboxylic acids is 1. The first kappa shape index (κ1) is 30.1. The number of ether oxygens (including phenoxy) is 2. The summed E-state index contributed by atoms with van der Waals surface area (Å²) in [6.45, 7) is -0.136. The number of benzene rings is 3. The number of imide groups is 1. The minimum Gasteiger partial charge on any atom is -0.497 e.